The quantitative estimate of drug-likeness (QED) is 0.773. The molecule has 0 atom stereocenters. The summed E-state index contributed by atoms with van der Waals surface area (Å²) in [6, 6.07) is 6.72. The molecule has 0 radical (unpaired) electrons. The predicted octanol–water partition coefficient (Wildman–Crippen LogP) is 4.23. The zero-order chi connectivity index (χ0) is 14.0. The molecule has 98 valence electrons. The van der Waals surface area contributed by atoms with Gasteiger partial charge in [-0.15, -0.1) is 0 Å². The van der Waals surface area contributed by atoms with Gasteiger partial charge in [0.25, 0.3) is 0 Å². The third kappa shape index (κ3) is 2.93. The minimum atomic E-state index is -4.47. The molecule has 0 N–H and O–H groups in total. The topological polar surface area (TPSA) is 30.0 Å². The van der Waals surface area contributed by atoms with E-state index < -0.39 is 11.9 Å². The van der Waals surface area contributed by atoms with E-state index in [2.05, 4.69) is 4.98 Å². The molecular weight excluding hydrogens is 279 g/mol. The van der Waals surface area contributed by atoms with Crippen molar-refractivity contribution in [1.82, 2.24) is 4.98 Å². The van der Waals surface area contributed by atoms with Crippen LogP contribution in [0.3, 0.4) is 0 Å². The molecule has 0 spiro atoms. The number of aldehydes is 1. The van der Waals surface area contributed by atoms with E-state index in [9.17, 15) is 18.0 Å². The number of rotatable bonds is 2. The Labute approximate surface area is 111 Å². The Kier molecular flexibility index (Phi) is 3.57. The molecule has 0 aliphatic heterocycles. The lowest BCUT2D eigenvalue weighted by atomic mass is 10.1. The summed E-state index contributed by atoms with van der Waals surface area (Å²) >= 11 is 5.96. The molecule has 1 aromatic carbocycles. The van der Waals surface area contributed by atoms with Gasteiger partial charge in [-0.05, 0) is 12.1 Å². The fraction of sp³-hybridized carbons (Fsp3) is 0.0769. The molecule has 0 amide bonds. The van der Waals surface area contributed by atoms with E-state index in [1.165, 1.54) is 18.2 Å². The Morgan fingerprint density at radius 2 is 1.89 bits per heavy atom. The molecule has 2 nitrogen and oxygen atoms in total. The number of benzene rings is 1. The summed E-state index contributed by atoms with van der Waals surface area (Å²) in [6.07, 6.45) is -2.73. The molecular formula is C13H7ClF3NO. The number of aromatic nitrogens is 1. The van der Waals surface area contributed by atoms with Crippen LogP contribution < -0.4 is 0 Å². The Balaban J connectivity index is 2.40. The van der Waals surface area contributed by atoms with E-state index in [0.717, 1.165) is 12.3 Å². The largest absolute Gasteiger partial charge is 0.433 e. The van der Waals surface area contributed by atoms with Crippen LogP contribution in [0.5, 0.6) is 0 Å². The summed E-state index contributed by atoms with van der Waals surface area (Å²) in [5.74, 6) is 0. The standard InChI is InChI=1S/C13H7ClF3NO/c14-11-5-8(7-19)1-3-10(11)9-2-4-12(18-6-9)13(15,16)17/h1-7H. The maximum absolute atomic E-state index is 12.4. The van der Waals surface area contributed by atoms with Crippen molar-refractivity contribution < 1.29 is 18.0 Å². The predicted molar refractivity (Wildman–Crippen MR) is 65.1 cm³/mol. The van der Waals surface area contributed by atoms with Crippen LogP contribution in [0.15, 0.2) is 36.5 Å². The number of halogens is 4. The fourth-order valence-electron chi connectivity index (χ4n) is 1.56. The second-order valence-electron chi connectivity index (χ2n) is 3.79. The first-order chi connectivity index (χ1) is 8.91. The number of pyridine rings is 1. The van der Waals surface area contributed by atoms with Gasteiger partial charge in [0.05, 0.1) is 0 Å². The summed E-state index contributed by atoms with van der Waals surface area (Å²) in [5, 5.41) is 0.283. The van der Waals surface area contributed by atoms with E-state index in [4.69, 9.17) is 11.6 Å². The molecule has 1 heterocycles. The first-order valence-corrected chi connectivity index (χ1v) is 5.58. The van der Waals surface area contributed by atoms with E-state index in [0.29, 0.717) is 23.0 Å². The zero-order valence-corrected chi connectivity index (χ0v) is 10.2. The zero-order valence-electron chi connectivity index (χ0n) is 9.41. The summed E-state index contributed by atoms with van der Waals surface area (Å²) in [7, 11) is 0. The maximum Gasteiger partial charge on any atom is 0.433 e. The minimum Gasteiger partial charge on any atom is -0.298 e. The lowest BCUT2D eigenvalue weighted by molar-refractivity contribution is -0.141. The van der Waals surface area contributed by atoms with Crippen molar-refractivity contribution in [3.8, 4) is 11.1 Å². The first-order valence-electron chi connectivity index (χ1n) is 5.20. The molecule has 0 unspecified atom stereocenters. The van der Waals surface area contributed by atoms with Gasteiger partial charge in [-0.1, -0.05) is 29.8 Å². The van der Waals surface area contributed by atoms with Gasteiger partial charge >= 0.3 is 6.18 Å². The summed E-state index contributed by atoms with van der Waals surface area (Å²) in [6.45, 7) is 0. The van der Waals surface area contributed by atoms with Gasteiger partial charge in [-0.2, -0.15) is 13.2 Å². The van der Waals surface area contributed by atoms with Gasteiger partial charge in [0.1, 0.15) is 12.0 Å². The van der Waals surface area contributed by atoms with Crippen LogP contribution in [0, 0.1) is 0 Å². The lowest BCUT2D eigenvalue weighted by Crippen LogP contribution is -2.07. The smallest absolute Gasteiger partial charge is 0.298 e. The van der Waals surface area contributed by atoms with Gasteiger partial charge in [-0.3, -0.25) is 9.78 Å². The first kappa shape index (κ1) is 13.5. The number of carbonyl (C=O) groups excluding carboxylic acids is 1. The summed E-state index contributed by atoms with van der Waals surface area (Å²) in [4.78, 5) is 13.9. The number of hydrogen-bond acceptors (Lipinski definition) is 2. The molecule has 0 aliphatic rings. The van der Waals surface area contributed by atoms with Crippen molar-refractivity contribution in [3.05, 3.63) is 52.8 Å². The van der Waals surface area contributed by atoms with Crippen molar-refractivity contribution in [1.29, 1.82) is 0 Å². The molecule has 6 heteroatoms. The van der Waals surface area contributed by atoms with Gasteiger partial charge < -0.3 is 0 Å². The normalized spacial score (nSPS) is 11.4. The third-order valence-corrected chi connectivity index (χ3v) is 2.81. The fourth-order valence-corrected chi connectivity index (χ4v) is 1.86. The molecule has 0 saturated carbocycles. The van der Waals surface area contributed by atoms with Gasteiger partial charge in [0.2, 0.25) is 0 Å². The molecule has 0 aliphatic carbocycles. The number of alkyl halides is 3. The molecule has 0 fully saturated rings. The van der Waals surface area contributed by atoms with Crippen molar-refractivity contribution in [2.75, 3.05) is 0 Å². The summed E-state index contributed by atoms with van der Waals surface area (Å²) < 4.78 is 37.1. The van der Waals surface area contributed by atoms with Gasteiger partial charge in [-0.25, -0.2) is 0 Å². The second kappa shape index (κ2) is 5.01. The van der Waals surface area contributed by atoms with Crippen molar-refractivity contribution in [2.45, 2.75) is 6.18 Å². The lowest BCUT2D eigenvalue weighted by Gasteiger charge is -2.08. The van der Waals surface area contributed by atoms with Crippen LogP contribution in [-0.2, 0) is 6.18 Å². The molecule has 19 heavy (non-hydrogen) atoms. The molecule has 2 aromatic rings. The van der Waals surface area contributed by atoms with Crippen LogP contribution in [-0.4, -0.2) is 11.3 Å². The van der Waals surface area contributed by atoms with E-state index in [1.807, 2.05) is 0 Å². The van der Waals surface area contributed by atoms with Crippen molar-refractivity contribution in [3.63, 3.8) is 0 Å². The van der Waals surface area contributed by atoms with E-state index >= 15 is 0 Å². The van der Waals surface area contributed by atoms with Crippen LogP contribution in [0.1, 0.15) is 16.1 Å². The number of nitrogens with zero attached hydrogens (tertiary/aromatic N) is 1. The Morgan fingerprint density at radius 1 is 1.16 bits per heavy atom. The molecule has 1 aromatic heterocycles. The van der Waals surface area contributed by atoms with Crippen LogP contribution in [0.25, 0.3) is 11.1 Å². The molecule has 0 bridgehead atoms. The SMILES string of the molecule is O=Cc1ccc(-c2ccc(C(F)(F)F)nc2)c(Cl)c1. The molecule has 0 saturated heterocycles. The second-order valence-corrected chi connectivity index (χ2v) is 4.19. The van der Waals surface area contributed by atoms with Crippen LogP contribution in [0.2, 0.25) is 5.02 Å². The monoisotopic (exact) mass is 285 g/mol. The van der Waals surface area contributed by atoms with Crippen molar-refractivity contribution in [2.24, 2.45) is 0 Å². The van der Waals surface area contributed by atoms with E-state index in [-0.39, 0.29) is 5.02 Å². The third-order valence-electron chi connectivity index (χ3n) is 2.49. The summed E-state index contributed by atoms with van der Waals surface area (Å²) in [5.41, 5.74) is 0.412. The Bertz CT molecular complexity index is 608. The number of carbonyl (C=O) groups is 1. The van der Waals surface area contributed by atoms with E-state index in [1.54, 1.807) is 6.07 Å². The highest BCUT2D eigenvalue weighted by molar-refractivity contribution is 6.33. The van der Waals surface area contributed by atoms with Crippen LogP contribution in [0.4, 0.5) is 13.2 Å². The van der Waals surface area contributed by atoms with Crippen LogP contribution >= 0.6 is 11.6 Å². The average Bonchev–Trinajstić information content (AvgIpc) is 2.37. The minimum absolute atomic E-state index is 0.283. The maximum atomic E-state index is 12.4. The van der Waals surface area contributed by atoms with Gasteiger partial charge in [0, 0.05) is 27.9 Å². The highest BCUT2D eigenvalue weighted by atomic mass is 35.5. The van der Waals surface area contributed by atoms with Crippen molar-refractivity contribution >= 4 is 17.9 Å². The highest BCUT2D eigenvalue weighted by Gasteiger charge is 2.32. The van der Waals surface area contributed by atoms with Gasteiger partial charge in [0.15, 0.2) is 0 Å². The number of hydrogen-bond donors (Lipinski definition) is 0. The molecule has 2 rings (SSSR count). The average molecular weight is 286 g/mol. The highest BCUT2D eigenvalue weighted by Crippen LogP contribution is 2.31. The Morgan fingerprint density at radius 3 is 2.37 bits per heavy atom. The Hall–Kier alpha value is -1.88.